The summed E-state index contributed by atoms with van der Waals surface area (Å²) in [6, 6.07) is 8.97. The van der Waals surface area contributed by atoms with Crippen LogP contribution in [0.4, 0.5) is 13.2 Å². The summed E-state index contributed by atoms with van der Waals surface area (Å²) in [5, 5.41) is 0.0681. The Morgan fingerprint density at radius 3 is 2.44 bits per heavy atom. The van der Waals surface area contributed by atoms with E-state index >= 15 is 0 Å². The van der Waals surface area contributed by atoms with Gasteiger partial charge in [-0.15, -0.1) is 0 Å². The van der Waals surface area contributed by atoms with Gasteiger partial charge < -0.3 is 14.0 Å². The molecule has 0 aliphatic carbocycles. The molecule has 0 fully saturated rings. The second-order valence-corrected chi connectivity index (χ2v) is 8.61. The van der Waals surface area contributed by atoms with Crippen molar-refractivity contribution >= 4 is 11.8 Å². The van der Waals surface area contributed by atoms with Gasteiger partial charge in [-0.05, 0) is 36.2 Å². The first-order valence-electron chi connectivity index (χ1n) is 10.8. The van der Waals surface area contributed by atoms with E-state index in [2.05, 4.69) is 16.9 Å². The fourth-order valence-electron chi connectivity index (χ4n) is 3.28. The van der Waals surface area contributed by atoms with Gasteiger partial charge in [-0.1, -0.05) is 37.6 Å². The number of unbranched alkanes of at least 4 members (excludes halogenated alkanes) is 2. The van der Waals surface area contributed by atoms with E-state index in [-0.39, 0.29) is 23.0 Å². The number of methoxy groups -OCH3 is 2. The van der Waals surface area contributed by atoms with E-state index in [4.69, 9.17) is 9.47 Å². The van der Waals surface area contributed by atoms with Gasteiger partial charge in [0.1, 0.15) is 5.69 Å². The Hall–Kier alpha value is -3.01. The summed E-state index contributed by atoms with van der Waals surface area (Å²) in [6.07, 6.45) is -0.235. The van der Waals surface area contributed by atoms with Crippen molar-refractivity contribution in [2.45, 2.75) is 44.1 Å². The molecule has 0 amide bonds. The SMILES string of the molecule is CCCCCSc1nc(-c2ccc(=O)n(Cc3ccc(OC)c(OC)c3)c2)cc(C(F)(F)F)n1. The number of alkyl halides is 3. The lowest BCUT2D eigenvalue weighted by Crippen LogP contribution is -2.19. The first-order valence-corrected chi connectivity index (χ1v) is 11.7. The van der Waals surface area contributed by atoms with Crippen molar-refractivity contribution in [1.82, 2.24) is 14.5 Å². The molecule has 3 aromatic rings. The summed E-state index contributed by atoms with van der Waals surface area (Å²) in [4.78, 5) is 20.5. The van der Waals surface area contributed by atoms with Crippen LogP contribution in [-0.4, -0.2) is 34.5 Å². The van der Waals surface area contributed by atoms with Crippen molar-refractivity contribution in [2.75, 3.05) is 20.0 Å². The van der Waals surface area contributed by atoms with E-state index in [1.807, 2.05) is 0 Å². The van der Waals surface area contributed by atoms with Crippen molar-refractivity contribution in [3.8, 4) is 22.8 Å². The monoisotopic (exact) mass is 493 g/mol. The van der Waals surface area contributed by atoms with Gasteiger partial charge in [0.25, 0.3) is 5.56 Å². The molecule has 0 saturated heterocycles. The molecule has 0 bridgehead atoms. The second kappa shape index (κ2) is 11.4. The van der Waals surface area contributed by atoms with E-state index < -0.39 is 11.9 Å². The smallest absolute Gasteiger partial charge is 0.433 e. The van der Waals surface area contributed by atoms with Crippen LogP contribution in [0.15, 0.2) is 52.5 Å². The summed E-state index contributed by atoms with van der Waals surface area (Å²) in [5.74, 6) is 1.70. The molecule has 0 aliphatic heterocycles. The lowest BCUT2D eigenvalue weighted by atomic mass is 10.1. The highest BCUT2D eigenvalue weighted by Gasteiger charge is 2.34. The summed E-state index contributed by atoms with van der Waals surface area (Å²) in [7, 11) is 3.04. The fourth-order valence-corrected chi connectivity index (χ4v) is 4.14. The molecule has 0 aliphatic rings. The van der Waals surface area contributed by atoms with Gasteiger partial charge in [0.15, 0.2) is 16.7 Å². The van der Waals surface area contributed by atoms with Gasteiger partial charge in [0, 0.05) is 23.6 Å². The van der Waals surface area contributed by atoms with E-state index in [1.165, 1.54) is 48.9 Å². The van der Waals surface area contributed by atoms with Crippen LogP contribution in [0.1, 0.15) is 37.4 Å². The third-order valence-corrected chi connectivity index (χ3v) is 5.99. The molecule has 0 atom stereocenters. The van der Waals surface area contributed by atoms with Crippen molar-refractivity contribution in [2.24, 2.45) is 0 Å². The molecular formula is C24H26F3N3O3S. The maximum absolute atomic E-state index is 13.5. The molecule has 0 N–H and O–H groups in total. The van der Waals surface area contributed by atoms with Crippen LogP contribution in [0, 0.1) is 0 Å². The largest absolute Gasteiger partial charge is 0.493 e. The minimum atomic E-state index is -4.61. The van der Waals surface area contributed by atoms with Crippen molar-refractivity contribution in [1.29, 1.82) is 0 Å². The van der Waals surface area contributed by atoms with Gasteiger partial charge in [-0.3, -0.25) is 4.79 Å². The number of benzene rings is 1. The number of hydrogen-bond donors (Lipinski definition) is 0. The summed E-state index contributed by atoms with van der Waals surface area (Å²) >= 11 is 1.20. The number of hydrogen-bond acceptors (Lipinski definition) is 6. The normalized spacial score (nSPS) is 11.5. The van der Waals surface area contributed by atoms with Gasteiger partial charge in [0.05, 0.1) is 26.5 Å². The number of halogens is 3. The van der Waals surface area contributed by atoms with Crippen molar-refractivity contribution < 1.29 is 22.6 Å². The van der Waals surface area contributed by atoms with E-state index in [9.17, 15) is 18.0 Å². The van der Waals surface area contributed by atoms with Crippen LogP contribution in [0.5, 0.6) is 11.5 Å². The zero-order valence-corrected chi connectivity index (χ0v) is 20.0. The topological polar surface area (TPSA) is 66.2 Å². The number of nitrogens with zero attached hydrogens (tertiary/aromatic N) is 3. The van der Waals surface area contributed by atoms with E-state index in [0.717, 1.165) is 30.9 Å². The molecule has 2 aromatic heterocycles. The first kappa shape index (κ1) is 25.6. The fraction of sp³-hybridized carbons (Fsp3) is 0.375. The number of rotatable bonds is 10. The van der Waals surface area contributed by atoms with Gasteiger partial charge >= 0.3 is 6.18 Å². The molecule has 0 radical (unpaired) electrons. The van der Waals surface area contributed by atoms with Crippen LogP contribution < -0.4 is 15.0 Å². The zero-order valence-electron chi connectivity index (χ0n) is 19.2. The molecule has 182 valence electrons. The number of aromatic nitrogens is 3. The molecule has 0 spiro atoms. The molecule has 2 heterocycles. The highest BCUT2D eigenvalue weighted by molar-refractivity contribution is 7.99. The zero-order chi connectivity index (χ0) is 24.7. The maximum Gasteiger partial charge on any atom is 0.433 e. The Labute approximate surface area is 200 Å². The Morgan fingerprint density at radius 2 is 1.76 bits per heavy atom. The average Bonchev–Trinajstić information content (AvgIpc) is 2.82. The highest BCUT2D eigenvalue weighted by atomic mass is 32.2. The minimum Gasteiger partial charge on any atom is -0.493 e. The number of ether oxygens (including phenoxy) is 2. The number of thioether (sulfide) groups is 1. The highest BCUT2D eigenvalue weighted by Crippen LogP contribution is 2.32. The summed E-state index contributed by atoms with van der Waals surface area (Å²) < 4.78 is 52.4. The molecule has 10 heteroatoms. The van der Waals surface area contributed by atoms with Gasteiger partial charge in [-0.25, -0.2) is 9.97 Å². The minimum absolute atomic E-state index is 0.0681. The van der Waals surface area contributed by atoms with E-state index in [0.29, 0.717) is 22.8 Å². The van der Waals surface area contributed by atoms with Crippen LogP contribution in [0.3, 0.4) is 0 Å². The van der Waals surface area contributed by atoms with Crippen molar-refractivity contribution in [3.63, 3.8) is 0 Å². The quantitative estimate of drug-likeness (QED) is 0.206. The molecule has 0 unspecified atom stereocenters. The average molecular weight is 494 g/mol. The third-order valence-electron chi connectivity index (χ3n) is 5.06. The molecule has 1 aromatic carbocycles. The first-order chi connectivity index (χ1) is 16.2. The Bertz CT molecular complexity index is 1180. The standard InChI is InChI=1S/C24H26F3N3O3S/c1-4-5-6-11-34-23-28-18(13-21(29-23)24(25,26)27)17-8-10-22(31)30(15-17)14-16-7-9-19(32-2)20(12-16)33-3/h7-10,12-13,15H,4-6,11,14H2,1-3H3. The van der Waals surface area contributed by atoms with Crippen LogP contribution in [0.25, 0.3) is 11.3 Å². The lowest BCUT2D eigenvalue weighted by molar-refractivity contribution is -0.141. The van der Waals surface area contributed by atoms with Gasteiger partial charge in [0.2, 0.25) is 0 Å². The predicted molar refractivity (Wildman–Crippen MR) is 126 cm³/mol. The third kappa shape index (κ3) is 6.53. The Morgan fingerprint density at radius 1 is 1.00 bits per heavy atom. The van der Waals surface area contributed by atoms with Crippen molar-refractivity contribution in [3.05, 3.63) is 64.2 Å². The molecular weight excluding hydrogens is 467 g/mol. The summed E-state index contributed by atoms with van der Waals surface area (Å²) in [6.45, 7) is 2.25. The van der Waals surface area contributed by atoms with E-state index in [1.54, 1.807) is 18.2 Å². The second-order valence-electron chi connectivity index (χ2n) is 7.55. The molecule has 0 saturated carbocycles. The Balaban J connectivity index is 1.95. The molecule has 6 nitrogen and oxygen atoms in total. The molecule has 34 heavy (non-hydrogen) atoms. The van der Waals surface area contributed by atoms with Crippen LogP contribution in [-0.2, 0) is 12.7 Å². The Kier molecular flexibility index (Phi) is 8.60. The lowest BCUT2D eigenvalue weighted by Gasteiger charge is -2.13. The van der Waals surface area contributed by atoms with Crippen LogP contribution in [0.2, 0.25) is 0 Å². The van der Waals surface area contributed by atoms with Crippen LogP contribution >= 0.6 is 11.8 Å². The predicted octanol–water partition coefficient (Wildman–Crippen LogP) is 5.67. The maximum atomic E-state index is 13.5. The summed E-state index contributed by atoms with van der Waals surface area (Å²) in [5.41, 5.74) is -0.0292. The van der Waals surface area contributed by atoms with Gasteiger partial charge in [-0.2, -0.15) is 13.2 Å². The number of pyridine rings is 1. The molecule has 3 rings (SSSR count).